The number of halogens is 1. The molecular formula is C11H11BrN4. The van der Waals surface area contributed by atoms with Crippen molar-refractivity contribution in [2.75, 3.05) is 0 Å². The third kappa shape index (κ3) is 2.09. The van der Waals surface area contributed by atoms with Crippen LogP contribution in [0, 0.1) is 0 Å². The molecule has 0 aromatic carbocycles. The van der Waals surface area contributed by atoms with Gasteiger partial charge in [-0.15, -0.1) is 0 Å². The molecule has 0 amide bonds. The lowest BCUT2D eigenvalue weighted by Crippen LogP contribution is -2.01. The van der Waals surface area contributed by atoms with Gasteiger partial charge in [-0.25, -0.2) is 19.9 Å². The summed E-state index contributed by atoms with van der Waals surface area (Å²) in [5.41, 5.74) is 1.83. The van der Waals surface area contributed by atoms with Crippen LogP contribution in [0.4, 0.5) is 0 Å². The highest BCUT2D eigenvalue weighted by atomic mass is 79.9. The van der Waals surface area contributed by atoms with Crippen molar-refractivity contribution in [2.24, 2.45) is 0 Å². The van der Waals surface area contributed by atoms with Crippen LogP contribution in [-0.2, 0) is 0 Å². The fourth-order valence-electron chi connectivity index (χ4n) is 1.49. The van der Waals surface area contributed by atoms with Crippen molar-refractivity contribution in [3.8, 4) is 11.5 Å². The number of aromatic nitrogens is 4. The van der Waals surface area contributed by atoms with Crippen molar-refractivity contribution < 1.29 is 0 Å². The van der Waals surface area contributed by atoms with Crippen molar-refractivity contribution in [1.82, 2.24) is 19.9 Å². The van der Waals surface area contributed by atoms with Crippen LogP contribution >= 0.6 is 15.9 Å². The highest BCUT2D eigenvalue weighted by Gasteiger charge is 2.15. The molecule has 0 fully saturated rings. The van der Waals surface area contributed by atoms with E-state index in [0.29, 0.717) is 11.7 Å². The van der Waals surface area contributed by atoms with Gasteiger partial charge in [-0.2, -0.15) is 0 Å². The van der Waals surface area contributed by atoms with Crippen molar-refractivity contribution >= 4 is 15.9 Å². The zero-order valence-corrected chi connectivity index (χ0v) is 10.6. The van der Waals surface area contributed by atoms with Crippen LogP contribution in [0.5, 0.6) is 0 Å². The highest BCUT2D eigenvalue weighted by molar-refractivity contribution is 9.10. The fourth-order valence-corrected chi connectivity index (χ4v) is 2.22. The second-order valence-electron chi connectivity index (χ2n) is 3.65. The SMILES string of the molecule is CC(C)c1c(Br)ncnc1-c1ncccn1. The molecular weight excluding hydrogens is 268 g/mol. The largest absolute Gasteiger partial charge is 0.235 e. The van der Waals surface area contributed by atoms with Gasteiger partial charge < -0.3 is 0 Å². The lowest BCUT2D eigenvalue weighted by atomic mass is 10.0. The Morgan fingerprint density at radius 1 is 1.06 bits per heavy atom. The van der Waals surface area contributed by atoms with Gasteiger partial charge in [0.2, 0.25) is 0 Å². The molecule has 82 valence electrons. The maximum Gasteiger partial charge on any atom is 0.178 e. The van der Waals surface area contributed by atoms with E-state index in [1.807, 2.05) is 0 Å². The van der Waals surface area contributed by atoms with Crippen LogP contribution in [0.1, 0.15) is 25.3 Å². The number of rotatable bonds is 2. The molecule has 0 aliphatic rings. The summed E-state index contributed by atoms with van der Waals surface area (Å²) in [5.74, 6) is 0.948. The molecule has 5 heteroatoms. The molecule has 16 heavy (non-hydrogen) atoms. The smallest absolute Gasteiger partial charge is 0.178 e. The Balaban J connectivity index is 2.61. The van der Waals surface area contributed by atoms with Gasteiger partial charge in [0.1, 0.15) is 16.6 Å². The van der Waals surface area contributed by atoms with E-state index in [4.69, 9.17) is 0 Å². The van der Waals surface area contributed by atoms with Crippen LogP contribution in [0.15, 0.2) is 29.4 Å². The quantitative estimate of drug-likeness (QED) is 0.793. The van der Waals surface area contributed by atoms with E-state index in [1.165, 1.54) is 6.33 Å². The topological polar surface area (TPSA) is 51.6 Å². The molecule has 0 aliphatic heterocycles. The zero-order valence-electron chi connectivity index (χ0n) is 9.05. The van der Waals surface area contributed by atoms with E-state index in [-0.39, 0.29) is 0 Å². The first kappa shape index (κ1) is 11.1. The molecule has 2 rings (SSSR count). The average molecular weight is 279 g/mol. The molecule has 0 unspecified atom stereocenters. The molecule has 0 bridgehead atoms. The van der Waals surface area contributed by atoms with Gasteiger partial charge in [-0.05, 0) is 27.9 Å². The minimum atomic E-state index is 0.314. The van der Waals surface area contributed by atoms with Gasteiger partial charge >= 0.3 is 0 Å². The monoisotopic (exact) mass is 278 g/mol. The third-order valence-electron chi connectivity index (χ3n) is 2.19. The number of nitrogens with zero attached hydrogens (tertiary/aromatic N) is 4. The van der Waals surface area contributed by atoms with Gasteiger partial charge in [0.25, 0.3) is 0 Å². The standard InChI is InChI=1S/C11H11BrN4/c1-7(2)8-9(15-6-16-10(8)12)11-13-4-3-5-14-11/h3-7H,1-2H3. The van der Waals surface area contributed by atoms with Crippen molar-refractivity contribution in [2.45, 2.75) is 19.8 Å². The Morgan fingerprint density at radius 3 is 2.38 bits per heavy atom. The van der Waals surface area contributed by atoms with Crippen molar-refractivity contribution in [1.29, 1.82) is 0 Å². The van der Waals surface area contributed by atoms with Crippen LogP contribution in [0.25, 0.3) is 11.5 Å². The lowest BCUT2D eigenvalue weighted by Gasteiger charge is -2.11. The molecule has 0 aliphatic carbocycles. The molecule has 0 N–H and O–H groups in total. The summed E-state index contributed by atoms with van der Waals surface area (Å²) in [4.78, 5) is 16.8. The Morgan fingerprint density at radius 2 is 1.75 bits per heavy atom. The molecule has 0 saturated heterocycles. The predicted octanol–water partition coefficient (Wildman–Crippen LogP) is 2.82. The van der Waals surface area contributed by atoms with E-state index >= 15 is 0 Å². The normalized spacial score (nSPS) is 10.8. The van der Waals surface area contributed by atoms with E-state index < -0.39 is 0 Å². The van der Waals surface area contributed by atoms with Gasteiger partial charge in [-0.1, -0.05) is 13.8 Å². The summed E-state index contributed by atoms with van der Waals surface area (Å²) >= 11 is 3.44. The minimum absolute atomic E-state index is 0.314. The van der Waals surface area contributed by atoms with Gasteiger partial charge in [0, 0.05) is 18.0 Å². The van der Waals surface area contributed by atoms with Gasteiger partial charge in [0.15, 0.2) is 5.82 Å². The Hall–Kier alpha value is -1.36. The molecule has 2 aromatic heterocycles. The fraction of sp³-hybridized carbons (Fsp3) is 0.273. The maximum atomic E-state index is 4.26. The lowest BCUT2D eigenvalue weighted by molar-refractivity contribution is 0.835. The first-order chi connectivity index (χ1) is 7.70. The molecule has 4 nitrogen and oxygen atoms in total. The van der Waals surface area contributed by atoms with Crippen LogP contribution < -0.4 is 0 Å². The van der Waals surface area contributed by atoms with Crippen LogP contribution in [0.2, 0.25) is 0 Å². The summed E-state index contributed by atoms with van der Waals surface area (Å²) in [5, 5.41) is 0. The summed E-state index contributed by atoms with van der Waals surface area (Å²) in [6.07, 6.45) is 4.94. The first-order valence-electron chi connectivity index (χ1n) is 4.98. The zero-order chi connectivity index (χ0) is 11.5. The van der Waals surface area contributed by atoms with E-state index in [1.54, 1.807) is 18.5 Å². The Bertz CT molecular complexity index is 485. The number of hydrogen-bond donors (Lipinski definition) is 0. The van der Waals surface area contributed by atoms with E-state index in [2.05, 4.69) is 49.7 Å². The average Bonchev–Trinajstić information content (AvgIpc) is 2.29. The molecule has 2 heterocycles. The van der Waals surface area contributed by atoms with Crippen molar-refractivity contribution in [3.63, 3.8) is 0 Å². The first-order valence-corrected chi connectivity index (χ1v) is 5.77. The van der Waals surface area contributed by atoms with E-state index in [9.17, 15) is 0 Å². The van der Waals surface area contributed by atoms with Crippen LogP contribution in [0.3, 0.4) is 0 Å². The highest BCUT2D eigenvalue weighted by Crippen LogP contribution is 2.29. The van der Waals surface area contributed by atoms with E-state index in [0.717, 1.165) is 15.9 Å². The molecule has 2 aromatic rings. The minimum Gasteiger partial charge on any atom is -0.235 e. The molecule has 0 saturated carbocycles. The second kappa shape index (κ2) is 4.65. The molecule has 0 radical (unpaired) electrons. The van der Waals surface area contributed by atoms with Gasteiger partial charge in [-0.3, -0.25) is 0 Å². The van der Waals surface area contributed by atoms with Crippen molar-refractivity contribution in [3.05, 3.63) is 35.0 Å². The predicted molar refractivity (Wildman–Crippen MR) is 64.8 cm³/mol. The summed E-state index contributed by atoms with van der Waals surface area (Å²) in [6.45, 7) is 4.19. The van der Waals surface area contributed by atoms with Gasteiger partial charge in [0.05, 0.1) is 0 Å². The Kier molecular flexibility index (Phi) is 3.24. The molecule has 0 atom stereocenters. The third-order valence-corrected chi connectivity index (χ3v) is 2.82. The maximum absolute atomic E-state index is 4.26. The summed E-state index contributed by atoms with van der Waals surface area (Å²) in [7, 11) is 0. The Labute approximate surface area is 102 Å². The summed E-state index contributed by atoms with van der Waals surface area (Å²) in [6, 6.07) is 1.79. The summed E-state index contributed by atoms with van der Waals surface area (Å²) < 4.78 is 0.806. The van der Waals surface area contributed by atoms with Crippen LogP contribution in [-0.4, -0.2) is 19.9 Å². The molecule has 0 spiro atoms. The second-order valence-corrected chi connectivity index (χ2v) is 4.40. The number of hydrogen-bond acceptors (Lipinski definition) is 4.